The van der Waals surface area contributed by atoms with Crippen LogP contribution >= 0.6 is 0 Å². The fourth-order valence-electron chi connectivity index (χ4n) is 0.482. The van der Waals surface area contributed by atoms with E-state index in [1.807, 2.05) is 0 Å². The van der Waals surface area contributed by atoms with E-state index >= 15 is 0 Å². The van der Waals surface area contributed by atoms with Crippen LogP contribution in [0.15, 0.2) is 0 Å². The van der Waals surface area contributed by atoms with Crippen molar-refractivity contribution in [3.63, 3.8) is 0 Å². The molecule has 0 saturated carbocycles. The first-order valence-corrected chi connectivity index (χ1v) is 3.29. The van der Waals surface area contributed by atoms with Gasteiger partial charge < -0.3 is 45.3 Å². The molecule has 0 bridgehead atoms. The zero-order valence-electron chi connectivity index (χ0n) is 8.86. The zero-order valence-corrected chi connectivity index (χ0v) is 11.7. The van der Waals surface area contributed by atoms with Crippen LogP contribution in [0.5, 0.6) is 0 Å². The van der Waals surface area contributed by atoms with E-state index in [2.05, 4.69) is 10.6 Å². The van der Waals surface area contributed by atoms with E-state index in [1.165, 1.54) is 0 Å². The molecule has 7 heteroatoms. The minimum atomic E-state index is -1.25. The second kappa shape index (κ2) is 16.1. The Kier molecular flexibility index (Phi) is 25.8. The molecule has 0 fully saturated rings. The fraction of sp³-hybridized carbons (Fsp3) is 0.500. The Morgan fingerprint density at radius 1 is 0.867 bits per heavy atom. The van der Waals surface area contributed by atoms with E-state index in [0.717, 1.165) is 0 Å². The molecule has 0 aromatic rings. The number of aliphatic carboxylic acids is 2. The topological polar surface area (TPSA) is 108 Å². The summed E-state index contributed by atoms with van der Waals surface area (Å²) in [6, 6.07) is 0. The first kappa shape index (κ1) is 24.1. The van der Waals surface area contributed by atoms with E-state index in [1.54, 1.807) is 0 Å². The summed E-state index contributed by atoms with van der Waals surface area (Å²) in [5, 5.41) is 26.6. The first-order valence-electron chi connectivity index (χ1n) is 3.29. The number of carboxylic acids is 2. The van der Waals surface area contributed by atoms with Gasteiger partial charge in [0, 0.05) is 11.9 Å². The number of hydrogen-bond acceptors (Lipinski definition) is 4. The molecule has 0 radical (unpaired) electrons. The van der Waals surface area contributed by atoms with Crippen LogP contribution in [0.3, 0.4) is 0 Å². The van der Waals surface area contributed by atoms with Crippen LogP contribution < -0.4 is 10.2 Å². The molecule has 0 aromatic heterocycles. The van der Waals surface area contributed by atoms with Gasteiger partial charge in [-0.05, 0) is 0 Å². The SMILES string of the molecule is O=C([O-])C[N-]CC[N-]CC(=O)[O-].[CH3-].[CH3-].[Sn+4]. The molecule has 0 aliphatic carbocycles. The smallest absolute Gasteiger partial charge is 0.659 e. The second-order valence-electron chi connectivity index (χ2n) is 1.95. The number of hydrogen-bond donors (Lipinski definition) is 0. The van der Waals surface area contributed by atoms with Crippen molar-refractivity contribution in [1.29, 1.82) is 0 Å². The predicted octanol–water partition coefficient (Wildman–Crippen LogP) is -2.25. The van der Waals surface area contributed by atoms with Crippen molar-refractivity contribution >= 4 is 35.8 Å². The first-order chi connectivity index (χ1) is 5.63. The largest absolute Gasteiger partial charge is 4.00 e. The van der Waals surface area contributed by atoms with Gasteiger partial charge in [-0.2, -0.15) is 13.1 Å². The number of carboxylic acid groups (broad SMARTS) is 2. The quantitative estimate of drug-likeness (QED) is 0.300. The van der Waals surface area contributed by atoms with Crippen LogP contribution in [-0.2, 0) is 9.59 Å². The van der Waals surface area contributed by atoms with Crippen molar-refractivity contribution < 1.29 is 19.8 Å². The normalized spacial score (nSPS) is 7.73. The van der Waals surface area contributed by atoms with Crippen molar-refractivity contribution in [2.75, 3.05) is 26.2 Å². The second-order valence-corrected chi connectivity index (χ2v) is 1.95. The van der Waals surface area contributed by atoms with Crippen LogP contribution in [0.4, 0.5) is 0 Å². The summed E-state index contributed by atoms with van der Waals surface area (Å²) in [5.41, 5.74) is 0. The summed E-state index contributed by atoms with van der Waals surface area (Å²) in [4.78, 5) is 19.6. The molecule has 0 heterocycles. The Bertz CT molecular complexity index is 149. The van der Waals surface area contributed by atoms with Crippen LogP contribution in [0.2, 0.25) is 0 Å². The number of nitrogens with zero attached hydrogens (tertiary/aromatic N) is 2. The molecule has 6 nitrogen and oxygen atoms in total. The fourth-order valence-corrected chi connectivity index (χ4v) is 0.482. The van der Waals surface area contributed by atoms with Crippen molar-refractivity contribution in [3.05, 3.63) is 25.5 Å². The average molecular weight is 321 g/mol. The van der Waals surface area contributed by atoms with Gasteiger partial charge >= 0.3 is 23.9 Å². The van der Waals surface area contributed by atoms with Gasteiger partial charge in [0.05, 0.1) is 0 Å². The molecule has 0 unspecified atom stereocenters. The van der Waals surface area contributed by atoms with Crippen LogP contribution in [0, 0.1) is 14.9 Å². The van der Waals surface area contributed by atoms with E-state index in [0.29, 0.717) is 0 Å². The molecule has 15 heavy (non-hydrogen) atoms. The van der Waals surface area contributed by atoms with E-state index in [-0.39, 0.29) is 64.9 Å². The molecule has 0 amide bonds. The van der Waals surface area contributed by atoms with E-state index < -0.39 is 11.9 Å². The summed E-state index contributed by atoms with van der Waals surface area (Å²) < 4.78 is 0. The van der Waals surface area contributed by atoms with Gasteiger partial charge in [-0.15, -0.1) is 13.1 Å². The Morgan fingerprint density at radius 3 is 1.33 bits per heavy atom. The zero-order chi connectivity index (χ0) is 9.40. The van der Waals surface area contributed by atoms with Gasteiger partial charge in [0.25, 0.3) is 0 Å². The maximum Gasteiger partial charge on any atom is 4.00 e. The number of carbonyl (C=O) groups excluding carboxylic acids is 2. The molecule has 0 atom stereocenters. The van der Waals surface area contributed by atoms with E-state index in [4.69, 9.17) is 0 Å². The standard InChI is InChI=1S/C6H10N2O4.2CH3.Sn/c9-5(10)3-7-1-2-8-4-6(11)12;;;/h1-4H2,(H,9,10)(H,11,12);2*1H3;/q-2;2*-1;+4/p-2. The molecular weight excluding hydrogens is 307 g/mol. The molecule has 0 aromatic carbocycles. The summed E-state index contributed by atoms with van der Waals surface area (Å²) in [5.74, 6) is -2.51. The van der Waals surface area contributed by atoms with Crippen molar-refractivity contribution in [3.8, 4) is 0 Å². The van der Waals surface area contributed by atoms with Gasteiger partial charge in [0.2, 0.25) is 0 Å². The molecule has 86 valence electrons. The summed E-state index contributed by atoms with van der Waals surface area (Å²) in [6.45, 7) is -0.357. The maximum atomic E-state index is 9.80. The molecule has 0 saturated heterocycles. The molecule has 0 N–H and O–H groups in total. The molecule has 0 spiro atoms. The third-order valence-corrected chi connectivity index (χ3v) is 0.898. The monoisotopic (exact) mass is 322 g/mol. The summed E-state index contributed by atoms with van der Waals surface area (Å²) in [7, 11) is 0. The minimum Gasteiger partial charge on any atom is -0.659 e. The van der Waals surface area contributed by atoms with Crippen LogP contribution in [0.25, 0.3) is 10.6 Å². The minimum absolute atomic E-state index is 0. The van der Waals surface area contributed by atoms with E-state index in [9.17, 15) is 19.8 Å². The summed E-state index contributed by atoms with van der Waals surface area (Å²) >= 11 is 0. The van der Waals surface area contributed by atoms with Crippen molar-refractivity contribution in [1.82, 2.24) is 0 Å². The Labute approximate surface area is 107 Å². The van der Waals surface area contributed by atoms with Crippen LogP contribution in [-0.4, -0.2) is 62.0 Å². The van der Waals surface area contributed by atoms with Gasteiger partial charge in [-0.25, -0.2) is 0 Å². The van der Waals surface area contributed by atoms with Gasteiger partial charge in [0.15, 0.2) is 0 Å². The van der Waals surface area contributed by atoms with Gasteiger partial charge in [0.1, 0.15) is 0 Å². The molecule has 0 aliphatic rings. The predicted molar refractivity (Wildman–Crippen MR) is 54.8 cm³/mol. The number of carbonyl (C=O) groups is 2. The Balaban J connectivity index is -0.000000202. The Hall–Kier alpha value is -0.341. The molecular formula is C8H14N2O4Sn-2. The third kappa shape index (κ3) is 24.8. The Morgan fingerprint density at radius 2 is 1.13 bits per heavy atom. The van der Waals surface area contributed by atoms with Crippen molar-refractivity contribution in [2.45, 2.75) is 0 Å². The number of rotatable bonds is 7. The summed E-state index contributed by atoms with van der Waals surface area (Å²) in [6.07, 6.45) is 0. The third-order valence-electron chi connectivity index (χ3n) is 0.898. The van der Waals surface area contributed by atoms with Crippen molar-refractivity contribution in [2.24, 2.45) is 0 Å². The maximum absolute atomic E-state index is 9.80. The molecule has 0 aliphatic heterocycles. The average Bonchev–Trinajstić information content (AvgIpc) is 1.95. The van der Waals surface area contributed by atoms with Gasteiger partial charge in [-0.3, -0.25) is 0 Å². The molecule has 0 rings (SSSR count). The van der Waals surface area contributed by atoms with Crippen LogP contribution in [0.1, 0.15) is 0 Å². The van der Waals surface area contributed by atoms with Gasteiger partial charge in [-0.1, -0.05) is 0 Å².